The minimum absolute atomic E-state index is 0.527. The number of aryl methyl sites for hydroxylation is 2. The van der Waals surface area contributed by atoms with Crippen LogP contribution in [-0.4, -0.2) is 33.2 Å². The van der Waals surface area contributed by atoms with E-state index in [0.29, 0.717) is 6.04 Å². The fourth-order valence-corrected chi connectivity index (χ4v) is 2.58. The van der Waals surface area contributed by atoms with Gasteiger partial charge in [-0.25, -0.2) is 0 Å². The normalized spacial score (nSPS) is 19.5. The number of hydrogen-bond donors (Lipinski definition) is 1. The maximum absolute atomic E-state index is 5.70. The van der Waals surface area contributed by atoms with Gasteiger partial charge in [-0.3, -0.25) is 0 Å². The minimum Gasteiger partial charge on any atom is -0.371 e. The van der Waals surface area contributed by atoms with Gasteiger partial charge in [-0.1, -0.05) is 0 Å². The van der Waals surface area contributed by atoms with E-state index in [1.54, 1.807) is 0 Å². The topological polar surface area (TPSA) is 32.5 Å². The van der Waals surface area contributed by atoms with E-state index in [1.807, 2.05) is 0 Å². The van der Waals surface area contributed by atoms with Crippen LogP contribution in [0.2, 0.25) is 0 Å². The fourth-order valence-electron chi connectivity index (χ4n) is 2.58. The molecule has 0 aromatic heterocycles. The summed E-state index contributed by atoms with van der Waals surface area (Å²) in [6.07, 6.45) is 1.05. The van der Waals surface area contributed by atoms with E-state index in [1.165, 1.54) is 22.5 Å². The smallest absolute Gasteiger partial charge is 0.0607 e. The van der Waals surface area contributed by atoms with Crippen molar-refractivity contribution in [2.24, 2.45) is 5.73 Å². The van der Waals surface area contributed by atoms with E-state index >= 15 is 0 Å². The van der Waals surface area contributed by atoms with Crippen LogP contribution in [0, 0.1) is 13.8 Å². The molecule has 0 bridgehead atoms. The second kappa shape index (κ2) is 4.57. The van der Waals surface area contributed by atoms with Gasteiger partial charge in [-0.2, -0.15) is 0 Å². The Morgan fingerprint density at radius 1 is 1.18 bits per heavy atom. The van der Waals surface area contributed by atoms with Crippen LogP contribution in [0.5, 0.6) is 0 Å². The third kappa shape index (κ3) is 2.12. The molecule has 2 rings (SSSR count). The number of nitrogens with zero attached hydrogens (tertiary/aromatic N) is 2. The lowest BCUT2D eigenvalue weighted by atomic mass is 10.0. The third-order valence-electron chi connectivity index (χ3n) is 3.91. The molecule has 1 heterocycles. The molecule has 17 heavy (non-hydrogen) atoms. The first-order chi connectivity index (χ1) is 8.04. The molecule has 3 nitrogen and oxygen atoms in total. The summed E-state index contributed by atoms with van der Waals surface area (Å²) in [5.41, 5.74) is 11.1. The standard InChI is InChI=1S/C14H23N3/c1-10-7-13-14(8-11(10)2)17(4)12(5-6-15)9-16(13)3/h7-8,12H,5-6,9,15H2,1-4H3. The van der Waals surface area contributed by atoms with Gasteiger partial charge in [0.2, 0.25) is 0 Å². The maximum Gasteiger partial charge on any atom is 0.0607 e. The number of rotatable bonds is 2. The van der Waals surface area contributed by atoms with Crippen molar-refractivity contribution in [3.8, 4) is 0 Å². The van der Waals surface area contributed by atoms with E-state index < -0.39 is 0 Å². The van der Waals surface area contributed by atoms with E-state index in [4.69, 9.17) is 5.73 Å². The second-order valence-corrected chi connectivity index (χ2v) is 5.15. The van der Waals surface area contributed by atoms with Gasteiger partial charge in [0.25, 0.3) is 0 Å². The first-order valence-electron chi connectivity index (χ1n) is 6.30. The van der Waals surface area contributed by atoms with Crippen molar-refractivity contribution < 1.29 is 0 Å². The number of nitrogens with two attached hydrogens (primary N) is 1. The molecule has 2 N–H and O–H groups in total. The lowest BCUT2D eigenvalue weighted by Crippen LogP contribution is -2.46. The zero-order valence-corrected chi connectivity index (χ0v) is 11.3. The summed E-state index contributed by atoms with van der Waals surface area (Å²) in [6, 6.07) is 5.11. The van der Waals surface area contributed by atoms with Crippen LogP contribution in [0.4, 0.5) is 11.4 Å². The minimum atomic E-state index is 0.527. The number of fused-ring (bicyclic) bond motifs is 1. The monoisotopic (exact) mass is 233 g/mol. The van der Waals surface area contributed by atoms with Crippen molar-refractivity contribution in [2.45, 2.75) is 26.3 Å². The highest BCUT2D eigenvalue weighted by molar-refractivity contribution is 5.75. The Morgan fingerprint density at radius 3 is 2.35 bits per heavy atom. The number of anilines is 2. The van der Waals surface area contributed by atoms with E-state index in [2.05, 4.69) is 49.9 Å². The molecule has 1 atom stereocenters. The summed E-state index contributed by atoms with van der Waals surface area (Å²) in [5.74, 6) is 0. The predicted molar refractivity (Wildman–Crippen MR) is 75.0 cm³/mol. The van der Waals surface area contributed by atoms with Crippen molar-refractivity contribution in [2.75, 3.05) is 37.0 Å². The van der Waals surface area contributed by atoms with E-state index in [0.717, 1.165) is 19.5 Å². The lowest BCUT2D eigenvalue weighted by Gasteiger charge is -2.41. The van der Waals surface area contributed by atoms with Crippen LogP contribution in [-0.2, 0) is 0 Å². The van der Waals surface area contributed by atoms with Crippen LogP contribution in [0.15, 0.2) is 12.1 Å². The van der Waals surface area contributed by atoms with Crippen molar-refractivity contribution in [3.05, 3.63) is 23.3 Å². The van der Waals surface area contributed by atoms with Gasteiger partial charge < -0.3 is 15.5 Å². The van der Waals surface area contributed by atoms with Crippen LogP contribution in [0.1, 0.15) is 17.5 Å². The molecule has 1 unspecified atom stereocenters. The van der Waals surface area contributed by atoms with Crippen molar-refractivity contribution in [3.63, 3.8) is 0 Å². The van der Waals surface area contributed by atoms with Gasteiger partial charge in [0.1, 0.15) is 0 Å². The lowest BCUT2D eigenvalue weighted by molar-refractivity contribution is 0.566. The molecular weight excluding hydrogens is 210 g/mol. The van der Waals surface area contributed by atoms with Gasteiger partial charge in [0.05, 0.1) is 11.4 Å². The summed E-state index contributed by atoms with van der Waals surface area (Å²) >= 11 is 0. The first-order valence-corrected chi connectivity index (χ1v) is 6.30. The molecule has 1 aromatic carbocycles. The van der Waals surface area contributed by atoms with Crippen LogP contribution in [0.25, 0.3) is 0 Å². The Bertz CT molecular complexity index is 414. The van der Waals surface area contributed by atoms with Gasteiger partial charge >= 0.3 is 0 Å². The molecule has 1 aliphatic rings. The fraction of sp³-hybridized carbons (Fsp3) is 0.571. The third-order valence-corrected chi connectivity index (χ3v) is 3.91. The molecule has 0 saturated carbocycles. The number of hydrogen-bond acceptors (Lipinski definition) is 3. The van der Waals surface area contributed by atoms with E-state index in [-0.39, 0.29) is 0 Å². The Balaban J connectivity index is 2.42. The highest BCUT2D eigenvalue weighted by Gasteiger charge is 2.26. The summed E-state index contributed by atoms with van der Waals surface area (Å²) in [7, 11) is 4.35. The summed E-state index contributed by atoms with van der Waals surface area (Å²) in [6.45, 7) is 6.16. The molecule has 1 aliphatic heterocycles. The zero-order chi connectivity index (χ0) is 12.6. The zero-order valence-electron chi connectivity index (χ0n) is 11.3. The Labute approximate surface area is 104 Å². The quantitative estimate of drug-likeness (QED) is 0.847. The molecule has 94 valence electrons. The Morgan fingerprint density at radius 2 is 1.76 bits per heavy atom. The molecule has 1 aromatic rings. The van der Waals surface area contributed by atoms with Gasteiger partial charge in [0, 0.05) is 26.7 Å². The van der Waals surface area contributed by atoms with Gasteiger partial charge in [-0.05, 0) is 50.1 Å². The molecule has 3 heteroatoms. The molecule has 0 fully saturated rings. The number of benzene rings is 1. The van der Waals surface area contributed by atoms with Crippen molar-refractivity contribution in [1.29, 1.82) is 0 Å². The SMILES string of the molecule is Cc1cc2c(cc1C)N(C)C(CCN)CN2C. The molecule has 0 spiro atoms. The number of likely N-dealkylation sites (N-methyl/N-ethyl adjacent to an activating group) is 2. The molecule has 0 amide bonds. The largest absolute Gasteiger partial charge is 0.371 e. The molecule has 0 aliphatic carbocycles. The molecule has 0 radical (unpaired) electrons. The average Bonchev–Trinajstić information content (AvgIpc) is 2.29. The van der Waals surface area contributed by atoms with Crippen LogP contribution >= 0.6 is 0 Å². The highest BCUT2D eigenvalue weighted by atomic mass is 15.3. The first kappa shape index (κ1) is 12.2. The highest BCUT2D eigenvalue weighted by Crippen LogP contribution is 2.36. The summed E-state index contributed by atoms with van der Waals surface area (Å²) in [4.78, 5) is 4.73. The average molecular weight is 233 g/mol. The molecular formula is C14H23N3. The Kier molecular flexibility index (Phi) is 3.29. The van der Waals surface area contributed by atoms with Crippen molar-refractivity contribution in [1.82, 2.24) is 0 Å². The Hall–Kier alpha value is -1.22. The summed E-state index contributed by atoms with van der Waals surface area (Å²) in [5, 5.41) is 0. The van der Waals surface area contributed by atoms with Gasteiger partial charge in [-0.15, -0.1) is 0 Å². The molecule has 0 saturated heterocycles. The predicted octanol–water partition coefficient (Wildman–Crippen LogP) is 1.91. The van der Waals surface area contributed by atoms with Crippen LogP contribution in [0.3, 0.4) is 0 Å². The summed E-state index contributed by atoms with van der Waals surface area (Å²) < 4.78 is 0. The van der Waals surface area contributed by atoms with Crippen molar-refractivity contribution >= 4 is 11.4 Å². The maximum atomic E-state index is 5.70. The second-order valence-electron chi connectivity index (χ2n) is 5.15. The van der Waals surface area contributed by atoms with Crippen LogP contribution < -0.4 is 15.5 Å². The van der Waals surface area contributed by atoms with Gasteiger partial charge in [0.15, 0.2) is 0 Å². The van der Waals surface area contributed by atoms with E-state index in [9.17, 15) is 0 Å².